The first kappa shape index (κ1) is 22.4. The van der Waals surface area contributed by atoms with Gasteiger partial charge in [-0.3, -0.25) is 9.78 Å². The van der Waals surface area contributed by atoms with Gasteiger partial charge in [-0.25, -0.2) is 9.37 Å². The molecule has 1 aromatic carbocycles. The molecule has 1 saturated heterocycles. The summed E-state index contributed by atoms with van der Waals surface area (Å²) in [5.74, 6) is 1.89. The van der Waals surface area contributed by atoms with Crippen molar-refractivity contribution < 1.29 is 9.18 Å². The van der Waals surface area contributed by atoms with Gasteiger partial charge in [-0.2, -0.15) is 9.97 Å². The second-order valence-electron chi connectivity index (χ2n) is 8.33. The van der Waals surface area contributed by atoms with Crippen molar-refractivity contribution in [3.8, 4) is 0 Å². The van der Waals surface area contributed by atoms with Crippen LogP contribution in [-0.4, -0.2) is 45.0 Å². The number of carbonyl (C=O) groups excluding carboxylic acids is 1. The molecule has 1 aliphatic rings. The maximum Gasteiger partial charge on any atom is 0.227 e. The van der Waals surface area contributed by atoms with Crippen molar-refractivity contribution in [3.63, 3.8) is 0 Å². The molecule has 3 aromatic rings. The molecule has 0 aliphatic carbocycles. The minimum Gasteiger partial charge on any atom is -0.355 e. The molecule has 0 bridgehead atoms. The molecule has 0 unspecified atom stereocenters. The molecule has 9 nitrogen and oxygen atoms in total. The largest absolute Gasteiger partial charge is 0.355 e. The highest BCUT2D eigenvalue weighted by atomic mass is 19.1. The number of nitrogens with one attached hydrogen (secondary N) is 3. The number of rotatable bonds is 8. The molecule has 172 valence electrons. The molecule has 3 N–H and O–H groups in total. The minimum atomic E-state index is -0.284. The van der Waals surface area contributed by atoms with Gasteiger partial charge in [0, 0.05) is 37.6 Å². The molecule has 3 heterocycles. The first-order valence-electron chi connectivity index (χ1n) is 10.9. The van der Waals surface area contributed by atoms with E-state index in [1.54, 1.807) is 30.7 Å². The van der Waals surface area contributed by atoms with Crippen molar-refractivity contribution in [2.75, 3.05) is 28.6 Å². The van der Waals surface area contributed by atoms with Crippen LogP contribution in [0.5, 0.6) is 0 Å². The first-order valence-corrected chi connectivity index (χ1v) is 10.9. The summed E-state index contributed by atoms with van der Waals surface area (Å²) < 4.78 is 13.3. The van der Waals surface area contributed by atoms with Crippen LogP contribution in [0.15, 0.2) is 48.9 Å². The highest BCUT2D eigenvalue weighted by molar-refractivity contribution is 5.82. The summed E-state index contributed by atoms with van der Waals surface area (Å²) in [6, 6.07) is 8.08. The van der Waals surface area contributed by atoms with Crippen molar-refractivity contribution in [2.24, 2.45) is 5.92 Å². The Morgan fingerprint density at radius 1 is 1.09 bits per heavy atom. The van der Waals surface area contributed by atoms with E-state index >= 15 is 0 Å². The average Bonchev–Trinajstić information content (AvgIpc) is 2.73. The van der Waals surface area contributed by atoms with Crippen LogP contribution >= 0.6 is 0 Å². The Hall–Kier alpha value is -3.82. The molecule has 1 amide bonds. The zero-order valence-corrected chi connectivity index (χ0v) is 18.8. The fraction of sp³-hybridized carbons (Fsp3) is 0.348. The number of amides is 1. The minimum absolute atomic E-state index is 0.0523. The van der Waals surface area contributed by atoms with Gasteiger partial charge in [-0.15, -0.1) is 0 Å². The van der Waals surface area contributed by atoms with E-state index in [0.29, 0.717) is 36.5 Å². The van der Waals surface area contributed by atoms with Crippen LogP contribution in [0.2, 0.25) is 0 Å². The zero-order chi connectivity index (χ0) is 23.4. The summed E-state index contributed by atoms with van der Waals surface area (Å²) in [5.41, 5.74) is 0.906. The molecule has 4 rings (SSSR count). The van der Waals surface area contributed by atoms with Gasteiger partial charge in [0.05, 0.1) is 18.2 Å². The van der Waals surface area contributed by atoms with Gasteiger partial charge in [0.25, 0.3) is 0 Å². The number of hydrogen-bond acceptors (Lipinski definition) is 8. The summed E-state index contributed by atoms with van der Waals surface area (Å²) >= 11 is 0. The molecule has 2 aromatic heterocycles. The molecule has 10 heteroatoms. The SMILES string of the molecule is CC(C)NC(=O)C1CN(c2cc(Nc3cnccn3)nc(N[C@@H](C)c3ccc(F)cc3)n2)C1. The predicted octanol–water partition coefficient (Wildman–Crippen LogP) is 3.28. The monoisotopic (exact) mass is 450 g/mol. The fourth-order valence-corrected chi connectivity index (χ4v) is 3.48. The number of halogens is 1. The lowest BCUT2D eigenvalue weighted by Gasteiger charge is -2.39. The quantitative estimate of drug-likeness (QED) is 0.480. The molecule has 0 saturated carbocycles. The highest BCUT2D eigenvalue weighted by Crippen LogP contribution is 2.28. The van der Waals surface area contributed by atoms with Crippen LogP contribution in [-0.2, 0) is 4.79 Å². The molecule has 0 radical (unpaired) electrons. The van der Waals surface area contributed by atoms with E-state index < -0.39 is 0 Å². The molecule has 0 spiro atoms. The fourth-order valence-electron chi connectivity index (χ4n) is 3.48. The Morgan fingerprint density at radius 3 is 2.52 bits per heavy atom. The van der Waals surface area contributed by atoms with Gasteiger partial charge in [-0.1, -0.05) is 12.1 Å². The number of nitrogens with zero attached hydrogens (tertiary/aromatic N) is 5. The lowest BCUT2D eigenvalue weighted by Crippen LogP contribution is -2.55. The molecule has 1 fully saturated rings. The van der Waals surface area contributed by atoms with Crippen molar-refractivity contribution >= 4 is 29.3 Å². The molecule has 1 atom stereocenters. The maximum absolute atomic E-state index is 13.3. The van der Waals surface area contributed by atoms with Crippen LogP contribution in [0.1, 0.15) is 32.4 Å². The van der Waals surface area contributed by atoms with E-state index in [0.717, 1.165) is 5.56 Å². The Labute approximate surface area is 191 Å². The second kappa shape index (κ2) is 9.76. The lowest BCUT2D eigenvalue weighted by molar-refractivity contribution is -0.126. The third kappa shape index (κ3) is 5.71. The van der Waals surface area contributed by atoms with E-state index in [1.165, 1.54) is 12.1 Å². The van der Waals surface area contributed by atoms with Crippen LogP contribution in [0.25, 0.3) is 0 Å². The van der Waals surface area contributed by atoms with Crippen LogP contribution in [0.4, 0.5) is 27.8 Å². The van der Waals surface area contributed by atoms with Crippen molar-refractivity contribution in [1.82, 2.24) is 25.3 Å². The van der Waals surface area contributed by atoms with Gasteiger partial charge in [-0.05, 0) is 38.5 Å². The number of aromatic nitrogens is 4. The number of anilines is 4. The summed E-state index contributed by atoms with van der Waals surface area (Å²) in [5, 5.41) is 9.38. The third-order valence-corrected chi connectivity index (χ3v) is 5.25. The summed E-state index contributed by atoms with van der Waals surface area (Å²) in [6.07, 6.45) is 4.79. The smallest absolute Gasteiger partial charge is 0.227 e. The van der Waals surface area contributed by atoms with Crippen molar-refractivity contribution in [3.05, 3.63) is 60.3 Å². The second-order valence-corrected chi connectivity index (χ2v) is 8.33. The van der Waals surface area contributed by atoms with Gasteiger partial charge < -0.3 is 20.9 Å². The summed E-state index contributed by atoms with van der Waals surface area (Å²) in [6.45, 7) is 7.00. The summed E-state index contributed by atoms with van der Waals surface area (Å²) in [4.78, 5) is 31.8. The van der Waals surface area contributed by atoms with E-state index in [4.69, 9.17) is 0 Å². The van der Waals surface area contributed by atoms with Crippen LogP contribution in [0.3, 0.4) is 0 Å². The van der Waals surface area contributed by atoms with Crippen molar-refractivity contribution in [2.45, 2.75) is 32.9 Å². The summed E-state index contributed by atoms with van der Waals surface area (Å²) in [7, 11) is 0. The Balaban J connectivity index is 1.53. The van der Waals surface area contributed by atoms with Gasteiger partial charge >= 0.3 is 0 Å². The van der Waals surface area contributed by atoms with Crippen molar-refractivity contribution in [1.29, 1.82) is 0 Å². The van der Waals surface area contributed by atoms with Gasteiger partial charge in [0.15, 0.2) is 0 Å². The molecule has 33 heavy (non-hydrogen) atoms. The topological polar surface area (TPSA) is 108 Å². The number of benzene rings is 1. The maximum atomic E-state index is 13.3. The molecular formula is C23H27FN8O. The van der Waals surface area contributed by atoms with E-state index in [2.05, 4.69) is 35.9 Å². The Morgan fingerprint density at radius 2 is 1.85 bits per heavy atom. The zero-order valence-electron chi connectivity index (χ0n) is 18.8. The predicted molar refractivity (Wildman–Crippen MR) is 125 cm³/mol. The first-order chi connectivity index (χ1) is 15.9. The molecule has 1 aliphatic heterocycles. The normalized spacial score (nSPS) is 14.5. The molecular weight excluding hydrogens is 423 g/mol. The third-order valence-electron chi connectivity index (χ3n) is 5.25. The van der Waals surface area contributed by atoms with E-state index in [9.17, 15) is 9.18 Å². The standard InChI is InChI=1S/C23H27FN8O/c1-14(2)27-22(33)17-12-32(13-17)21-10-19(29-20-11-25-8-9-26-20)30-23(31-21)28-15(3)16-4-6-18(24)7-5-16/h4-11,14-15,17H,12-13H2,1-3H3,(H,27,33)(H2,26,28,29,30,31)/t15-/m0/s1. The average molecular weight is 451 g/mol. The van der Waals surface area contributed by atoms with Gasteiger partial charge in [0.1, 0.15) is 23.3 Å². The number of hydrogen-bond donors (Lipinski definition) is 3. The Kier molecular flexibility index (Phi) is 6.62. The van der Waals surface area contributed by atoms with E-state index in [1.807, 2.05) is 31.7 Å². The Bertz CT molecular complexity index is 1090. The highest BCUT2D eigenvalue weighted by Gasteiger charge is 2.34. The van der Waals surface area contributed by atoms with E-state index in [-0.39, 0.29) is 29.7 Å². The van der Waals surface area contributed by atoms with Gasteiger partial charge in [0.2, 0.25) is 11.9 Å². The number of carbonyl (C=O) groups is 1. The van der Waals surface area contributed by atoms with Crippen LogP contribution < -0.4 is 20.9 Å². The lowest BCUT2D eigenvalue weighted by atomic mass is 9.99. The van der Waals surface area contributed by atoms with Crippen LogP contribution in [0, 0.1) is 11.7 Å².